The quantitative estimate of drug-likeness (QED) is 0.566. The van der Waals surface area contributed by atoms with Crippen LogP contribution in [0.1, 0.15) is 18.9 Å². The SMILES string of the molecule is N=c1cc(N)nc2n1C(CC(=O)O)C(CC(=O)O)S2. The molecule has 102 valence electrons. The first-order chi connectivity index (χ1) is 8.88. The average molecular weight is 284 g/mol. The lowest BCUT2D eigenvalue weighted by Gasteiger charge is -2.17. The molecule has 0 radical (unpaired) electrons. The molecule has 19 heavy (non-hydrogen) atoms. The van der Waals surface area contributed by atoms with Gasteiger partial charge in [0.2, 0.25) is 0 Å². The number of aliphatic carboxylic acids is 2. The number of hydrogen-bond acceptors (Lipinski definition) is 6. The molecule has 2 unspecified atom stereocenters. The summed E-state index contributed by atoms with van der Waals surface area (Å²) in [5, 5.41) is 25.5. The summed E-state index contributed by atoms with van der Waals surface area (Å²) < 4.78 is 1.43. The molecule has 5 N–H and O–H groups in total. The summed E-state index contributed by atoms with van der Waals surface area (Å²) in [6.07, 6.45) is -0.439. The van der Waals surface area contributed by atoms with Gasteiger partial charge in [0.1, 0.15) is 11.3 Å². The topological polar surface area (TPSA) is 142 Å². The fourth-order valence-electron chi connectivity index (χ4n) is 2.04. The summed E-state index contributed by atoms with van der Waals surface area (Å²) in [7, 11) is 0. The third kappa shape index (κ3) is 2.70. The molecule has 1 aliphatic rings. The maximum absolute atomic E-state index is 10.9. The number of nitrogens with one attached hydrogen (secondary N) is 1. The predicted molar refractivity (Wildman–Crippen MR) is 65.7 cm³/mol. The summed E-state index contributed by atoms with van der Waals surface area (Å²) in [6.45, 7) is 0. The molecule has 2 rings (SSSR count). The van der Waals surface area contributed by atoms with E-state index in [-0.39, 0.29) is 24.1 Å². The molecule has 0 aromatic carbocycles. The van der Waals surface area contributed by atoms with Gasteiger partial charge in [-0.05, 0) is 0 Å². The second-order valence-corrected chi connectivity index (χ2v) is 5.34. The van der Waals surface area contributed by atoms with Crippen LogP contribution >= 0.6 is 11.8 Å². The van der Waals surface area contributed by atoms with Gasteiger partial charge in [0.25, 0.3) is 0 Å². The van der Waals surface area contributed by atoms with Crippen molar-refractivity contribution in [1.29, 1.82) is 5.41 Å². The van der Waals surface area contributed by atoms with Gasteiger partial charge < -0.3 is 20.5 Å². The van der Waals surface area contributed by atoms with E-state index in [9.17, 15) is 9.59 Å². The van der Waals surface area contributed by atoms with E-state index >= 15 is 0 Å². The summed E-state index contributed by atoms with van der Waals surface area (Å²) in [5.74, 6) is -1.90. The van der Waals surface area contributed by atoms with Crippen molar-refractivity contribution in [3.8, 4) is 0 Å². The van der Waals surface area contributed by atoms with E-state index in [0.717, 1.165) is 11.8 Å². The predicted octanol–water partition coefficient (Wildman–Crippen LogP) is -0.0904. The fraction of sp³-hybridized carbons (Fsp3) is 0.400. The minimum Gasteiger partial charge on any atom is -0.481 e. The van der Waals surface area contributed by atoms with Crippen molar-refractivity contribution in [3.05, 3.63) is 11.6 Å². The summed E-state index contributed by atoms with van der Waals surface area (Å²) in [5.41, 5.74) is 5.57. The van der Waals surface area contributed by atoms with Gasteiger partial charge in [-0.1, -0.05) is 11.8 Å². The van der Waals surface area contributed by atoms with Crippen molar-refractivity contribution < 1.29 is 19.8 Å². The van der Waals surface area contributed by atoms with Crippen molar-refractivity contribution in [2.24, 2.45) is 0 Å². The number of carboxylic acid groups (broad SMARTS) is 2. The zero-order chi connectivity index (χ0) is 14.2. The van der Waals surface area contributed by atoms with Gasteiger partial charge in [-0.3, -0.25) is 15.0 Å². The largest absolute Gasteiger partial charge is 0.481 e. The van der Waals surface area contributed by atoms with Crippen molar-refractivity contribution in [2.75, 3.05) is 5.73 Å². The second kappa shape index (κ2) is 4.92. The first kappa shape index (κ1) is 13.4. The Bertz CT molecular complexity index is 600. The minimum atomic E-state index is -1.04. The lowest BCUT2D eigenvalue weighted by molar-refractivity contribution is -0.140. The van der Waals surface area contributed by atoms with E-state index in [1.807, 2.05) is 0 Å². The van der Waals surface area contributed by atoms with Crippen LogP contribution in [0.15, 0.2) is 11.2 Å². The molecule has 9 heteroatoms. The number of nitrogens with two attached hydrogens (primary N) is 1. The molecule has 1 aliphatic heterocycles. The van der Waals surface area contributed by atoms with Gasteiger partial charge in [-0.25, -0.2) is 4.98 Å². The van der Waals surface area contributed by atoms with E-state index in [1.54, 1.807) is 0 Å². The number of rotatable bonds is 4. The summed E-state index contributed by atoms with van der Waals surface area (Å²) in [4.78, 5) is 25.8. The number of hydrogen-bond donors (Lipinski definition) is 4. The van der Waals surface area contributed by atoms with Crippen LogP contribution in [0.3, 0.4) is 0 Å². The number of carboxylic acids is 2. The standard InChI is InChI=1S/C10H12N4O4S/c11-6-3-7(12)14-4(1-8(15)16)5(2-9(17)18)19-10(14)13-6/h3-5,12H,1-2,11H2,(H,15,16)(H,17,18). The van der Waals surface area contributed by atoms with Crippen LogP contribution in [-0.2, 0) is 9.59 Å². The Labute approximate surface area is 111 Å². The highest BCUT2D eigenvalue weighted by molar-refractivity contribution is 8.00. The molecule has 0 amide bonds. The molecule has 2 atom stereocenters. The lowest BCUT2D eigenvalue weighted by atomic mass is 10.1. The number of fused-ring (bicyclic) bond motifs is 1. The van der Waals surface area contributed by atoms with Crippen LogP contribution < -0.4 is 11.2 Å². The molecule has 0 saturated heterocycles. The summed E-state index contributed by atoms with van der Waals surface area (Å²) in [6, 6.07) is 0.719. The van der Waals surface area contributed by atoms with Crippen molar-refractivity contribution in [1.82, 2.24) is 9.55 Å². The molecular formula is C10H12N4O4S. The smallest absolute Gasteiger partial charge is 0.305 e. The highest BCUT2D eigenvalue weighted by atomic mass is 32.2. The maximum Gasteiger partial charge on any atom is 0.305 e. The molecule has 0 saturated carbocycles. The van der Waals surface area contributed by atoms with Gasteiger partial charge >= 0.3 is 11.9 Å². The fourth-order valence-corrected chi connectivity index (χ4v) is 3.42. The first-order valence-corrected chi connectivity index (χ1v) is 6.30. The third-order valence-electron chi connectivity index (χ3n) is 2.75. The Morgan fingerprint density at radius 2 is 2.05 bits per heavy atom. The monoisotopic (exact) mass is 284 g/mol. The van der Waals surface area contributed by atoms with E-state index in [0.29, 0.717) is 5.16 Å². The number of anilines is 1. The highest BCUT2D eigenvalue weighted by Gasteiger charge is 2.37. The van der Waals surface area contributed by atoms with E-state index in [2.05, 4.69) is 4.98 Å². The average Bonchev–Trinajstić information content (AvgIpc) is 2.54. The maximum atomic E-state index is 10.9. The Hall–Kier alpha value is -2.03. The highest BCUT2D eigenvalue weighted by Crippen LogP contribution is 2.41. The van der Waals surface area contributed by atoms with Gasteiger partial charge in [-0.2, -0.15) is 0 Å². The second-order valence-electron chi connectivity index (χ2n) is 4.14. The van der Waals surface area contributed by atoms with Crippen molar-refractivity contribution in [3.63, 3.8) is 0 Å². The summed E-state index contributed by atoms with van der Waals surface area (Å²) >= 11 is 1.15. The molecule has 2 heterocycles. The van der Waals surface area contributed by atoms with Crippen LogP contribution in [0.5, 0.6) is 0 Å². The zero-order valence-electron chi connectivity index (χ0n) is 9.74. The van der Waals surface area contributed by atoms with Gasteiger partial charge in [-0.15, -0.1) is 0 Å². The third-order valence-corrected chi connectivity index (χ3v) is 4.03. The van der Waals surface area contributed by atoms with Crippen molar-refractivity contribution in [2.45, 2.75) is 29.3 Å². The normalized spacial score (nSPS) is 21.1. The number of carbonyl (C=O) groups is 2. The molecular weight excluding hydrogens is 272 g/mol. The van der Waals surface area contributed by atoms with E-state index in [4.69, 9.17) is 21.4 Å². The first-order valence-electron chi connectivity index (χ1n) is 5.42. The molecule has 1 aromatic heterocycles. The Morgan fingerprint density at radius 1 is 1.42 bits per heavy atom. The van der Waals surface area contributed by atoms with E-state index < -0.39 is 23.2 Å². The molecule has 0 spiro atoms. The van der Waals surface area contributed by atoms with Crippen molar-refractivity contribution >= 4 is 29.5 Å². The number of thioether (sulfide) groups is 1. The molecule has 8 nitrogen and oxygen atoms in total. The molecule has 0 bridgehead atoms. The van der Waals surface area contributed by atoms with E-state index in [1.165, 1.54) is 10.6 Å². The number of nitrogens with zero attached hydrogens (tertiary/aromatic N) is 2. The van der Waals surface area contributed by atoms with Crippen LogP contribution in [-0.4, -0.2) is 37.0 Å². The van der Waals surface area contributed by atoms with Gasteiger partial charge in [0.05, 0.1) is 18.9 Å². The molecule has 0 fully saturated rings. The Morgan fingerprint density at radius 3 is 2.63 bits per heavy atom. The Balaban J connectivity index is 2.43. The van der Waals surface area contributed by atoms with Gasteiger partial charge in [0, 0.05) is 11.3 Å². The lowest BCUT2D eigenvalue weighted by Crippen LogP contribution is -2.30. The number of aromatic nitrogens is 2. The van der Waals surface area contributed by atoms with Crippen LogP contribution in [0.2, 0.25) is 0 Å². The van der Waals surface area contributed by atoms with Crippen LogP contribution in [0.25, 0.3) is 0 Å². The van der Waals surface area contributed by atoms with Crippen LogP contribution in [0.4, 0.5) is 5.82 Å². The zero-order valence-corrected chi connectivity index (χ0v) is 10.6. The van der Waals surface area contributed by atoms with Crippen LogP contribution in [0, 0.1) is 5.41 Å². The molecule has 1 aromatic rings. The Kier molecular flexibility index (Phi) is 3.47. The van der Waals surface area contributed by atoms with Gasteiger partial charge in [0.15, 0.2) is 5.16 Å². The molecule has 0 aliphatic carbocycles. The number of nitrogen functional groups attached to an aromatic ring is 1. The minimum absolute atomic E-state index is 0.0362.